The zero-order valence-electron chi connectivity index (χ0n) is 23.5. The molecule has 0 radical (unpaired) electrons. The molecule has 222 valence electrons. The summed E-state index contributed by atoms with van der Waals surface area (Å²) in [5, 5.41) is 12.5. The monoisotopic (exact) mass is 586 g/mol. The number of rotatable bonds is 16. The zero-order valence-corrected chi connectivity index (χ0v) is 24.3. The van der Waals surface area contributed by atoms with Crippen LogP contribution in [0.2, 0.25) is 0 Å². The van der Waals surface area contributed by atoms with Gasteiger partial charge in [-0.05, 0) is 50.2 Å². The topological polar surface area (TPSA) is 154 Å². The maximum absolute atomic E-state index is 13.0. The molecule has 2 heterocycles. The number of methoxy groups -OCH3 is 1. The number of aryl methyl sites for hydroxylation is 1. The highest BCUT2D eigenvalue weighted by molar-refractivity contribution is 7.76. The lowest BCUT2D eigenvalue weighted by atomic mass is 10.0. The van der Waals surface area contributed by atoms with E-state index in [9.17, 15) is 23.5 Å². The Hall–Kier alpha value is -3.16. The summed E-state index contributed by atoms with van der Waals surface area (Å²) in [5.41, 5.74) is 3.96. The number of hydrogen-bond acceptors (Lipinski definition) is 8. The molecule has 1 saturated carbocycles. The predicted molar refractivity (Wildman–Crippen MR) is 152 cm³/mol. The number of carbonyl (C=O) groups excluding carboxylic acids is 1. The van der Waals surface area contributed by atoms with Crippen LogP contribution in [0.5, 0.6) is 0 Å². The minimum Gasteiger partial charge on any atom is -0.760 e. The fourth-order valence-electron chi connectivity index (χ4n) is 4.81. The number of furan rings is 1. The summed E-state index contributed by atoms with van der Waals surface area (Å²) in [4.78, 5) is 29.0. The van der Waals surface area contributed by atoms with Crippen molar-refractivity contribution in [1.82, 2.24) is 14.6 Å². The quantitative estimate of drug-likeness (QED) is 0.188. The van der Waals surface area contributed by atoms with Gasteiger partial charge in [-0.15, -0.1) is 0 Å². The summed E-state index contributed by atoms with van der Waals surface area (Å²) in [6.45, 7) is 2.77. The number of aliphatic carboxylic acids is 1. The Morgan fingerprint density at radius 2 is 2.00 bits per heavy atom. The van der Waals surface area contributed by atoms with Crippen molar-refractivity contribution in [3.8, 4) is 11.3 Å². The van der Waals surface area contributed by atoms with Crippen LogP contribution in [0.25, 0.3) is 22.4 Å². The number of amides is 1. The number of fused-ring (bicyclic) bond motifs is 1. The number of carboxylic acid groups (broad SMARTS) is 1. The average Bonchev–Trinajstić information content (AvgIpc) is 3.72. The van der Waals surface area contributed by atoms with E-state index in [1.165, 1.54) is 11.4 Å². The van der Waals surface area contributed by atoms with Crippen LogP contribution in [0, 0.1) is 6.92 Å². The van der Waals surface area contributed by atoms with E-state index in [0.717, 1.165) is 29.5 Å². The van der Waals surface area contributed by atoms with Crippen LogP contribution in [0.4, 0.5) is 0 Å². The van der Waals surface area contributed by atoms with Crippen LogP contribution in [0.1, 0.15) is 65.2 Å². The molecule has 41 heavy (non-hydrogen) atoms. The molecule has 2 atom stereocenters. The molecule has 2 unspecified atom stereocenters. The van der Waals surface area contributed by atoms with Crippen molar-refractivity contribution in [1.29, 1.82) is 0 Å². The van der Waals surface area contributed by atoms with Crippen molar-refractivity contribution in [2.24, 2.45) is 0 Å². The normalized spacial score (nSPS) is 14.9. The van der Waals surface area contributed by atoms with E-state index in [2.05, 4.69) is 5.32 Å². The Morgan fingerprint density at radius 3 is 2.61 bits per heavy atom. The first-order valence-electron chi connectivity index (χ1n) is 13.6. The average molecular weight is 587 g/mol. The maximum atomic E-state index is 13.0. The summed E-state index contributed by atoms with van der Waals surface area (Å²) >= 11 is -2.54. The first kappa shape index (κ1) is 30.8. The number of aromatic nitrogens is 1. The lowest BCUT2D eigenvalue weighted by molar-refractivity contribution is -0.140. The van der Waals surface area contributed by atoms with Gasteiger partial charge in [-0.1, -0.05) is 29.8 Å². The first-order chi connectivity index (χ1) is 19.7. The number of nitrogens with one attached hydrogen (secondary N) is 1. The molecule has 4 rings (SSSR count). The van der Waals surface area contributed by atoms with Gasteiger partial charge < -0.3 is 28.9 Å². The maximum Gasteiger partial charge on any atom is 0.305 e. The number of pyridine rings is 1. The lowest BCUT2D eigenvalue weighted by Gasteiger charge is -2.25. The summed E-state index contributed by atoms with van der Waals surface area (Å²) in [6.07, 6.45) is 1.96. The Bertz CT molecular complexity index is 1390. The third-order valence-corrected chi connectivity index (χ3v) is 7.83. The second-order valence-corrected chi connectivity index (χ2v) is 11.2. The van der Waals surface area contributed by atoms with Gasteiger partial charge in [0.25, 0.3) is 5.91 Å². The predicted octanol–water partition coefficient (Wildman–Crippen LogP) is 3.92. The number of carboxylic acids is 1. The van der Waals surface area contributed by atoms with Gasteiger partial charge in [0.15, 0.2) is 0 Å². The minimum atomic E-state index is -2.54. The van der Waals surface area contributed by atoms with E-state index in [0.29, 0.717) is 41.9 Å². The highest BCUT2D eigenvalue weighted by Gasteiger charge is 2.31. The van der Waals surface area contributed by atoms with E-state index in [1.807, 2.05) is 37.3 Å². The highest BCUT2D eigenvalue weighted by Crippen LogP contribution is 2.44. The Labute approximate surface area is 241 Å². The Morgan fingerprint density at radius 1 is 1.27 bits per heavy atom. The van der Waals surface area contributed by atoms with Crippen LogP contribution in [-0.2, 0) is 32.1 Å². The fourth-order valence-corrected chi connectivity index (χ4v) is 5.32. The van der Waals surface area contributed by atoms with Crippen molar-refractivity contribution < 1.29 is 37.3 Å². The second kappa shape index (κ2) is 14.1. The molecule has 0 bridgehead atoms. The summed E-state index contributed by atoms with van der Waals surface area (Å²) in [6, 6.07) is 9.58. The third-order valence-electron chi connectivity index (χ3n) is 7.09. The van der Waals surface area contributed by atoms with Crippen LogP contribution >= 0.6 is 0 Å². The SMILES string of the molecule is CNC(=O)c1c(-c2ccc(C)cc2)oc2nc(CN(CCCC(CC(=O)O)OCCOC)S(=O)[O-])c(C3CC3)cc12. The zero-order chi connectivity index (χ0) is 29.5. The molecule has 1 fully saturated rings. The van der Waals surface area contributed by atoms with Crippen molar-refractivity contribution >= 4 is 34.2 Å². The first-order valence-corrected chi connectivity index (χ1v) is 14.7. The van der Waals surface area contributed by atoms with Crippen LogP contribution in [0.15, 0.2) is 34.7 Å². The Balaban J connectivity index is 1.60. The van der Waals surface area contributed by atoms with Crippen molar-refractivity contribution in [2.75, 3.05) is 33.9 Å². The molecular formula is C29H36N3O8S-. The largest absolute Gasteiger partial charge is 0.760 e. The van der Waals surface area contributed by atoms with E-state index >= 15 is 0 Å². The Kier molecular flexibility index (Phi) is 10.6. The number of benzene rings is 1. The molecule has 1 aliphatic carbocycles. The third kappa shape index (κ3) is 7.98. The van der Waals surface area contributed by atoms with Gasteiger partial charge >= 0.3 is 5.97 Å². The van der Waals surface area contributed by atoms with Gasteiger partial charge in [0, 0.05) is 37.5 Å². The number of ether oxygens (including phenoxy) is 2. The van der Waals surface area contributed by atoms with Crippen molar-refractivity contribution in [3.05, 3.63) is 52.7 Å². The molecule has 0 aliphatic heterocycles. The van der Waals surface area contributed by atoms with E-state index in [1.54, 1.807) is 7.05 Å². The lowest BCUT2D eigenvalue weighted by Crippen LogP contribution is -2.29. The number of carbonyl (C=O) groups is 2. The van der Waals surface area contributed by atoms with Gasteiger partial charge in [-0.2, -0.15) is 0 Å². The van der Waals surface area contributed by atoms with Crippen LogP contribution in [0.3, 0.4) is 0 Å². The molecular weight excluding hydrogens is 550 g/mol. The van der Waals surface area contributed by atoms with E-state index < -0.39 is 23.3 Å². The van der Waals surface area contributed by atoms with Crippen LogP contribution < -0.4 is 5.32 Å². The smallest absolute Gasteiger partial charge is 0.305 e. The molecule has 12 heteroatoms. The summed E-state index contributed by atoms with van der Waals surface area (Å²) in [5.74, 6) is -0.634. The van der Waals surface area contributed by atoms with E-state index in [4.69, 9.17) is 18.9 Å². The van der Waals surface area contributed by atoms with Gasteiger partial charge in [0.1, 0.15) is 5.76 Å². The molecule has 1 aromatic carbocycles. The van der Waals surface area contributed by atoms with E-state index in [-0.39, 0.29) is 43.7 Å². The molecule has 3 aromatic rings. The molecule has 1 aliphatic rings. The molecule has 2 aromatic heterocycles. The second-order valence-electron chi connectivity index (χ2n) is 10.2. The molecule has 0 saturated heterocycles. The van der Waals surface area contributed by atoms with Crippen molar-refractivity contribution in [2.45, 2.75) is 57.6 Å². The van der Waals surface area contributed by atoms with Crippen LogP contribution in [-0.4, -0.2) is 75.1 Å². The van der Waals surface area contributed by atoms with Crippen molar-refractivity contribution in [3.63, 3.8) is 0 Å². The molecule has 1 amide bonds. The number of nitrogens with zero attached hydrogens (tertiary/aromatic N) is 2. The highest BCUT2D eigenvalue weighted by atomic mass is 32.2. The standard InChI is InChI=1S/C29H37N3O8S/c1-18-6-8-20(9-7-18)27-26(28(35)30-2)23-16-22(19-10-11-19)24(31-29(23)40-27)17-32(41(36)37)12-4-5-21(15-25(33)34)39-14-13-38-3/h6-9,16,19,21H,4-5,10-15,17H2,1-3H3,(H,30,35)(H,33,34)(H,36,37)/p-1. The van der Waals surface area contributed by atoms with Gasteiger partial charge in [-0.3, -0.25) is 13.8 Å². The fraction of sp³-hybridized carbons (Fsp3) is 0.483. The van der Waals surface area contributed by atoms with Gasteiger partial charge in [-0.25, -0.2) is 9.29 Å². The summed E-state index contributed by atoms with van der Waals surface area (Å²) < 4.78 is 42.4. The van der Waals surface area contributed by atoms with Gasteiger partial charge in [0.05, 0.1) is 48.9 Å². The minimum absolute atomic E-state index is 0.0296. The molecule has 2 N–H and O–H groups in total. The molecule has 11 nitrogen and oxygen atoms in total. The summed E-state index contributed by atoms with van der Waals surface area (Å²) in [7, 11) is 3.10. The van der Waals surface area contributed by atoms with Gasteiger partial charge in [0.2, 0.25) is 5.71 Å². The molecule has 0 spiro atoms. The number of hydrogen-bond donors (Lipinski definition) is 2.